The van der Waals surface area contributed by atoms with E-state index < -0.39 is 17.4 Å². The fourth-order valence-corrected chi connectivity index (χ4v) is 4.23. The van der Waals surface area contributed by atoms with Crippen molar-refractivity contribution in [3.05, 3.63) is 12.2 Å². The summed E-state index contributed by atoms with van der Waals surface area (Å²) < 4.78 is 17.1. The molecule has 6 nitrogen and oxygen atoms in total. The number of ether oxygens (including phenoxy) is 3. The SMILES string of the molecule is CCCCCOC(=O)[C@H]1[C@H]2C(=O)N(CCCOC(C)C)C[C@@]23C=C[C@H]1O3. The number of likely N-dealkylation sites (tertiary alicyclic amines) is 1. The van der Waals surface area contributed by atoms with Crippen LogP contribution in [0, 0.1) is 11.8 Å². The molecular weight excluding hydrogens is 334 g/mol. The molecule has 0 unspecified atom stereocenters. The van der Waals surface area contributed by atoms with Crippen molar-refractivity contribution in [2.75, 3.05) is 26.3 Å². The summed E-state index contributed by atoms with van der Waals surface area (Å²) in [5.41, 5.74) is -0.645. The number of esters is 1. The molecule has 3 aliphatic heterocycles. The highest BCUT2D eigenvalue weighted by Crippen LogP contribution is 2.52. The largest absolute Gasteiger partial charge is 0.465 e. The first-order valence-corrected chi connectivity index (χ1v) is 9.92. The first-order chi connectivity index (χ1) is 12.5. The quantitative estimate of drug-likeness (QED) is 0.338. The van der Waals surface area contributed by atoms with Crippen LogP contribution in [0.1, 0.15) is 46.5 Å². The fourth-order valence-electron chi connectivity index (χ4n) is 4.23. The Morgan fingerprint density at radius 2 is 2.15 bits per heavy atom. The minimum Gasteiger partial charge on any atom is -0.465 e. The monoisotopic (exact) mass is 365 g/mol. The molecule has 1 amide bonds. The molecule has 1 spiro atoms. The van der Waals surface area contributed by atoms with Crippen LogP contribution < -0.4 is 0 Å². The molecule has 2 saturated heterocycles. The molecule has 3 heterocycles. The molecule has 26 heavy (non-hydrogen) atoms. The van der Waals surface area contributed by atoms with E-state index in [0.29, 0.717) is 26.3 Å². The summed E-state index contributed by atoms with van der Waals surface area (Å²) >= 11 is 0. The number of hydrogen-bond acceptors (Lipinski definition) is 5. The van der Waals surface area contributed by atoms with Gasteiger partial charge in [-0.3, -0.25) is 9.59 Å². The van der Waals surface area contributed by atoms with Crippen LogP contribution in [0.4, 0.5) is 0 Å². The van der Waals surface area contributed by atoms with E-state index in [-0.39, 0.29) is 24.1 Å². The van der Waals surface area contributed by atoms with E-state index in [1.807, 2.05) is 30.9 Å². The van der Waals surface area contributed by atoms with Gasteiger partial charge in [-0.25, -0.2) is 0 Å². The Morgan fingerprint density at radius 3 is 2.88 bits per heavy atom. The summed E-state index contributed by atoms with van der Waals surface area (Å²) in [5.74, 6) is -1.23. The molecule has 0 saturated carbocycles. The van der Waals surface area contributed by atoms with Gasteiger partial charge in [-0.05, 0) is 26.7 Å². The Labute approximate surface area is 155 Å². The Balaban J connectivity index is 1.59. The second-order valence-electron chi connectivity index (χ2n) is 7.81. The van der Waals surface area contributed by atoms with E-state index >= 15 is 0 Å². The zero-order chi connectivity index (χ0) is 18.7. The van der Waals surface area contributed by atoms with Crippen molar-refractivity contribution in [2.24, 2.45) is 11.8 Å². The molecule has 0 aromatic heterocycles. The minimum atomic E-state index is -0.645. The number of carbonyl (C=O) groups is 2. The molecular formula is C20H31NO5. The van der Waals surface area contributed by atoms with Crippen molar-refractivity contribution in [2.45, 2.75) is 64.3 Å². The van der Waals surface area contributed by atoms with E-state index in [1.165, 1.54) is 0 Å². The van der Waals surface area contributed by atoms with Gasteiger partial charge in [-0.1, -0.05) is 31.9 Å². The summed E-state index contributed by atoms with van der Waals surface area (Å²) in [6.45, 7) is 8.30. The van der Waals surface area contributed by atoms with E-state index in [1.54, 1.807) is 0 Å². The number of amides is 1. The lowest BCUT2D eigenvalue weighted by atomic mass is 9.77. The van der Waals surface area contributed by atoms with Gasteiger partial charge in [-0.2, -0.15) is 0 Å². The molecule has 146 valence electrons. The Kier molecular flexibility index (Phi) is 6.03. The van der Waals surface area contributed by atoms with Crippen molar-refractivity contribution in [1.29, 1.82) is 0 Å². The molecule has 2 fully saturated rings. The second-order valence-corrected chi connectivity index (χ2v) is 7.81. The molecule has 4 atom stereocenters. The van der Waals surface area contributed by atoms with Crippen LogP contribution in [0.15, 0.2) is 12.2 Å². The molecule has 0 radical (unpaired) electrons. The fraction of sp³-hybridized carbons (Fsp3) is 0.800. The van der Waals surface area contributed by atoms with Crippen LogP contribution in [-0.4, -0.2) is 60.9 Å². The maximum atomic E-state index is 13.0. The molecule has 0 aromatic rings. The van der Waals surface area contributed by atoms with Gasteiger partial charge >= 0.3 is 5.97 Å². The first kappa shape index (κ1) is 19.4. The minimum absolute atomic E-state index is 0.0110. The predicted molar refractivity (Wildman–Crippen MR) is 96.5 cm³/mol. The van der Waals surface area contributed by atoms with Crippen LogP contribution in [0.25, 0.3) is 0 Å². The second kappa shape index (κ2) is 8.09. The smallest absolute Gasteiger partial charge is 0.312 e. The highest BCUT2D eigenvalue weighted by molar-refractivity contribution is 5.91. The number of fused-ring (bicyclic) bond motifs is 1. The van der Waals surface area contributed by atoms with Gasteiger partial charge in [0.2, 0.25) is 5.91 Å². The van der Waals surface area contributed by atoms with Gasteiger partial charge in [0.25, 0.3) is 0 Å². The highest BCUT2D eigenvalue weighted by atomic mass is 16.6. The number of unbranched alkanes of at least 4 members (excludes halogenated alkanes) is 2. The van der Waals surface area contributed by atoms with Gasteiger partial charge in [0.15, 0.2) is 0 Å². The first-order valence-electron chi connectivity index (χ1n) is 9.92. The van der Waals surface area contributed by atoms with Crippen LogP contribution in [0.5, 0.6) is 0 Å². The van der Waals surface area contributed by atoms with Crippen LogP contribution in [-0.2, 0) is 23.8 Å². The van der Waals surface area contributed by atoms with Gasteiger partial charge in [-0.15, -0.1) is 0 Å². The molecule has 0 aromatic carbocycles. The van der Waals surface area contributed by atoms with Gasteiger partial charge in [0.1, 0.15) is 11.5 Å². The van der Waals surface area contributed by atoms with Crippen LogP contribution >= 0.6 is 0 Å². The lowest BCUT2D eigenvalue weighted by Gasteiger charge is -2.22. The zero-order valence-corrected chi connectivity index (χ0v) is 16.1. The highest BCUT2D eigenvalue weighted by Gasteiger charge is 2.67. The van der Waals surface area contributed by atoms with E-state index in [0.717, 1.165) is 25.7 Å². The average molecular weight is 365 g/mol. The van der Waals surface area contributed by atoms with Crippen LogP contribution in [0.3, 0.4) is 0 Å². The van der Waals surface area contributed by atoms with Crippen molar-refractivity contribution in [3.63, 3.8) is 0 Å². The topological polar surface area (TPSA) is 65.1 Å². The lowest BCUT2D eigenvalue weighted by molar-refractivity contribution is -0.154. The molecule has 0 aliphatic carbocycles. The normalized spacial score (nSPS) is 31.9. The zero-order valence-electron chi connectivity index (χ0n) is 16.1. The number of hydrogen-bond donors (Lipinski definition) is 0. The third-order valence-electron chi connectivity index (χ3n) is 5.47. The molecule has 0 N–H and O–H groups in total. The lowest BCUT2D eigenvalue weighted by Crippen LogP contribution is -2.40. The number of nitrogens with zero attached hydrogens (tertiary/aromatic N) is 1. The van der Waals surface area contributed by atoms with Crippen LogP contribution in [0.2, 0.25) is 0 Å². The van der Waals surface area contributed by atoms with E-state index in [9.17, 15) is 9.59 Å². The average Bonchev–Trinajstić information content (AvgIpc) is 3.24. The molecule has 6 heteroatoms. The standard InChI is InChI=1S/C20H31NO5/c1-4-5-6-11-25-19(23)16-15-8-9-20(26-15)13-21(18(22)17(16)20)10-7-12-24-14(2)3/h8-9,14-17H,4-7,10-13H2,1-3H3/t15-,16-,17+,20+/m1/s1. The van der Waals surface area contributed by atoms with E-state index in [4.69, 9.17) is 14.2 Å². The molecule has 3 aliphatic rings. The van der Waals surface area contributed by atoms with Crippen molar-refractivity contribution in [1.82, 2.24) is 4.90 Å². The summed E-state index contributed by atoms with van der Waals surface area (Å²) in [6.07, 6.45) is 7.53. The molecule has 3 rings (SSSR count). The molecule has 2 bridgehead atoms. The Morgan fingerprint density at radius 1 is 1.35 bits per heavy atom. The van der Waals surface area contributed by atoms with E-state index in [2.05, 4.69) is 6.92 Å². The van der Waals surface area contributed by atoms with Crippen molar-refractivity contribution < 1.29 is 23.8 Å². The Hall–Kier alpha value is -1.40. The van der Waals surface area contributed by atoms with Crippen molar-refractivity contribution >= 4 is 11.9 Å². The maximum absolute atomic E-state index is 13.0. The predicted octanol–water partition coefficient (Wildman–Crippen LogP) is 2.32. The van der Waals surface area contributed by atoms with Crippen molar-refractivity contribution in [3.8, 4) is 0 Å². The summed E-state index contributed by atoms with van der Waals surface area (Å²) in [6, 6.07) is 0. The van der Waals surface area contributed by atoms with Gasteiger partial charge in [0.05, 0.1) is 31.3 Å². The Bertz CT molecular complexity index is 560. The third kappa shape index (κ3) is 3.67. The summed E-state index contributed by atoms with van der Waals surface area (Å²) in [4.78, 5) is 27.4. The number of carbonyl (C=O) groups excluding carboxylic acids is 2. The summed E-state index contributed by atoms with van der Waals surface area (Å²) in [7, 11) is 0. The third-order valence-corrected chi connectivity index (χ3v) is 5.47. The number of rotatable bonds is 10. The van der Waals surface area contributed by atoms with Gasteiger partial charge in [0, 0.05) is 13.2 Å². The summed E-state index contributed by atoms with van der Waals surface area (Å²) in [5, 5.41) is 0. The maximum Gasteiger partial charge on any atom is 0.312 e. The van der Waals surface area contributed by atoms with Gasteiger partial charge < -0.3 is 19.1 Å².